The largest absolute Gasteiger partial charge is 0.375 e. The van der Waals surface area contributed by atoms with Crippen LogP contribution in [0.1, 0.15) is 39.6 Å². The molecule has 0 aliphatic carbocycles. The monoisotopic (exact) mass is 487 g/mol. The van der Waals surface area contributed by atoms with Crippen LogP contribution in [0.2, 0.25) is 0 Å². The Bertz CT molecular complexity index is 983. The van der Waals surface area contributed by atoms with Gasteiger partial charge in [-0.2, -0.15) is 0 Å². The van der Waals surface area contributed by atoms with Gasteiger partial charge >= 0.3 is 0 Å². The number of aromatic nitrogens is 3. The molecule has 0 saturated carbocycles. The molecule has 1 unspecified atom stereocenters. The first-order valence-corrected chi connectivity index (χ1v) is 11.5. The predicted molar refractivity (Wildman–Crippen MR) is 126 cm³/mol. The average Bonchev–Trinajstić information content (AvgIpc) is 3.12. The highest BCUT2D eigenvalue weighted by atomic mass is 79.9. The van der Waals surface area contributed by atoms with Crippen molar-refractivity contribution in [1.82, 2.24) is 20.1 Å². The number of halogens is 1. The van der Waals surface area contributed by atoms with E-state index in [1.165, 1.54) is 11.8 Å². The van der Waals surface area contributed by atoms with E-state index >= 15 is 0 Å². The third-order valence-electron chi connectivity index (χ3n) is 4.13. The fourth-order valence-electron chi connectivity index (χ4n) is 2.92. The van der Waals surface area contributed by atoms with E-state index in [0.717, 1.165) is 21.7 Å². The van der Waals surface area contributed by atoms with Gasteiger partial charge in [-0.3, -0.25) is 9.36 Å². The van der Waals surface area contributed by atoms with Crippen LogP contribution in [0.25, 0.3) is 5.69 Å². The average molecular weight is 488 g/mol. The molecule has 8 heteroatoms. The first-order chi connectivity index (χ1) is 14.2. The van der Waals surface area contributed by atoms with E-state index in [-0.39, 0.29) is 23.2 Å². The Balaban J connectivity index is 1.84. The minimum Gasteiger partial charge on any atom is -0.375 e. The predicted octanol–water partition coefficient (Wildman–Crippen LogP) is 5.21. The van der Waals surface area contributed by atoms with Crippen LogP contribution in [-0.4, -0.2) is 32.0 Å². The van der Waals surface area contributed by atoms with Crippen molar-refractivity contribution in [3.8, 4) is 5.69 Å². The van der Waals surface area contributed by atoms with Crippen molar-refractivity contribution in [1.29, 1.82) is 0 Å². The van der Waals surface area contributed by atoms with E-state index in [2.05, 4.69) is 36.8 Å². The van der Waals surface area contributed by atoms with E-state index in [1.54, 1.807) is 0 Å². The van der Waals surface area contributed by atoms with Crippen LogP contribution in [-0.2, 0) is 4.79 Å². The summed E-state index contributed by atoms with van der Waals surface area (Å²) in [5.74, 6) is 1.03. The molecule has 1 heterocycles. The molecule has 1 atom stereocenters. The van der Waals surface area contributed by atoms with Gasteiger partial charge < -0.3 is 10.6 Å². The summed E-state index contributed by atoms with van der Waals surface area (Å²) >= 11 is 4.84. The van der Waals surface area contributed by atoms with E-state index in [9.17, 15) is 4.79 Å². The number of hydrogen-bond acceptors (Lipinski definition) is 5. The Kier molecular flexibility index (Phi) is 7.20. The topological polar surface area (TPSA) is 71.8 Å². The molecule has 30 heavy (non-hydrogen) atoms. The molecule has 0 spiro atoms. The van der Waals surface area contributed by atoms with Gasteiger partial charge in [0.15, 0.2) is 11.0 Å². The molecule has 0 fully saturated rings. The molecule has 3 rings (SSSR count). The van der Waals surface area contributed by atoms with Gasteiger partial charge in [0.25, 0.3) is 0 Å². The van der Waals surface area contributed by atoms with Crippen molar-refractivity contribution >= 4 is 39.3 Å². The number of benzene rings is 2. The molecular weight excluding hydrogens is 462 g/mol. The normalized spacial score (nSPS) is 12.4. The van der Waals surface area contributed by atoms with Gasteiger partial charge in [-0.15, -0.1) is 10.2 Å². The summed E-state index contributed by atoms with van der Waals surface area (Å²) in [4.78, 5) is 12.3. The van der Waals surface area contributed by atoms with E-state index < -0.39 is 0 Å². The summed E-state index contributed by atoms with van der Waals surface area (Å²) in [6, 6.07) is 17.9. The van der Waals surface area contributed by atoms with Gasteiger partial charge in [0.1, 0.15) is 0 Å². The van der Waals surface area contributed by atoms with Crippen LogP contribution in [0.3, 0.4) is 0 Å². The number of amides is 1. The fraction of sp³-hybridized carbons (Fsp3) is 0.318. The van der Waals surface area contributed by atoms with Gasteiger partial charge in [0.05, 0.1) is 11.8 Å². The first-order valence-electron chi connectivity index (χ1n) is 9.69. The minimum absolute atomic E-state index is 0.0299. The Labute approximate surface area is 190 Å². The van der Waals surface area contributed by atoms with Crippen LogP contribution < -0.4 is 10.6 Å². The lowest BCUT2D eigenvalue weighted by Crippen LogP contribution is -2.41. The summed E-state index contributed by atoms with van der Waals surface area (Å²) in [5.41, 5.74) is 1.69. The zero-order valence-corrected chi connectivity index (χ0v) is 19.9. The number of anilines is 1. The van der Waals surface area contributed by atoms with Gasteiger partial charge in [-0.05, 0) is 64.1 Å². The summed E-state index contributed by atoms with van der Waals surface area (Å²) in [7, 11) is 0. The van der Waals surface area contributed by atoms with Crippen molar-refractivity contribution in [2.75, 3.05) is 11.1 Å². The Morgan fingerprint density at radius 2 is 1.77 bits per heavy atom. The second-order valence-electron chi connectivity index (χ2n) is 7.97. The van der Waals surface area contributed by atoms with Gasteiger partial charge in [-0.25, -0.2) is 0 Å². The number of nitrogens with one attached hydrogen (secondary N) is 2. The van der Waals surface area contributed by atoms with Gasteiger partial charge in [-0.1, -0.05) is 45.9 Å². The molecule has 0 aliphatic heterocycles. The van der Waals surface area contributed by atoms with Crippen molar-refractivity contribution in [2.45, 2.75) is 44.4 Å². The number of hydrogen-bond donors (Lipinski definition) is 2. The first kappa shape index (κ1) is 22.4. The minimum atomic E-state index is -0.265. The molecule has 6 nitrogen and oxygen atoms in total. The molecule has 0 bridgehead atoms. The molecule has 2 aromatic carbocycles. The summed E-state index contributed by atoms with van der Waals surface area (Å²) in [6.45, 7) is 7.95. The third-order valence-corrected chi connectivity index (χ3v) is 5.59. The van der Waals surface area contributed by atoms with Crippen molar-refractivity contribution < 1.29 is 4.79 Å². The van der Waals surface area contributed by atoms with Crippen LogP contribution in [0.5, 0.6) is 0 Å². The second-order valence-corrected chi connectivity index (χ2v) is 9.83. The number of nitrogens with zero attached hydrogens (tertiary/aromatic N) is 3. The van der Waals surface area contributed by atoms with Gasteiger partial charge in [0.2, 0.25) is 5.91 Å². The molecule has 0 aliphatic rings. The van der Waals surface area contributed by atoms with E-state index in [4.69, 9.17) is 0 Å². The number of para-hydroxylation sites is 1. The lowest BCUT2D eigenvalue weighted by Gasteiger charge is -2.20. The number of carbonyl (C=O) groups is 1. The zero-order valence-electron chi connectivity index (χ0n) is 17.5. The Morgan fingerprint density at radius 1 is 1.10 bits per heavy atom. The number of thioether (sulfide) groups is 1. The molecule has 2 N–H and O–H groups in total. The number of carbonyl (C=O) groups excluding carboxylic acids is 1. The van der Waals surface area contributed by atoms with E-state index in [1.807, 2.05) is 86.9 Å². The quantitative estimate of drug-likeness (QED) is 0.447. The van der Waals surface area contributed by atoms with Crippen LogP contribution in [0.4, 0.5) is 5.69 Å². The molecule has 158 valence electrons. The highest BCUT2D eigenvalue weighted by Gasteiger charge is 2.21. The second kappa shape index (κ2) is 9.66. The maximum absolute atomic E-state index is 12.3. The smallest absolute Gasteiger partial charge is 0.230 e. The van der Waals surface area contributed by atoms with Crippen molar-refractivity contribution in [3.63, 3.8) is 0 Å². The third kappa shape index (κ3) is 6.09. The maximum atomic E-state index is 12.3. The summed E-state index contributed by atoms with van der Waals surface area (Å²) in [6.07, 6.45) is 0. The number of rotatable bonds is 7. The molecule has 1 aromatic heterocycles. The lowest BCUT2D eigenvalue weighted by molar-refractivity contribution is -0.119. The summed E-state index contributed by atoms with van der Waals surface area (Å²) < 4.78 is 3.03. The SMILES string of the molecule is CC(Nc1ccc(Br)cc1)c1nnc(SCC(=O)NC(C)(C)C)n1-c1ccccc1. The Morgan fingerprint density at radius 3 is 2.40 bits per heavy atom. The maximum Gasteiger partial charge on any atom is 0.230 e. The van der Waals surface area contributed by atoms with Crippen LogP contribution >= 0.6 is 27.7 Å². The fourth-order valence-corrected chi connectivity index (χ4v) is 3.94. The lowest BCUT2D eigenvalue weighted by atomic mass is 10.1. The van der Waals surface area contributed by atoms with Crippen LogP contribution in [0.15, 0.2) is 64.2 Å². The van der Waals surface area contributed by atoms with Crippen LogP contribution in [0, 0.1) is 0 Å². The highest BCUT2D eigenvalue weighted by molar-refractivity contribution is 9.10. The molecular formula is C22H26BrN5OS. The Hall–Kier alpha value is -2.32. The standard InChI is InChI=1S/C22H26BrN5OS/c1-15(24-17-12-10-16(23)11-13-17)20-26-27-21(28(20)18-8-6-5-7-9-18)30-14-19(29)25-22(2,3)4/h5-13,15,24H,14H2,1-4H3,(H,25,29). The molecule has 0 radical (unpaired) electrons. The zero-order chi connectivity index (χ0) is 21.7. The van der Waals surface area contributed by atoms with Gasteiger partial charge in [0, 0.05) is 21.4 Å². The molecule has 1 amide bonds. The van der Waals surface area contributed by atoms with Crippen molar-refractivity contribution in [3.05, 3.63) is 64.9 Å². The highest BCUT2D eigenvalue weighted by Crippen LogP contribution is 2.27. The molecule has 3 aromatic rings. The van der Waals surface area contributed by atoms with E-state index in [0.29, 0.717) is 5.16 Å². The van der Waals surface area contributed by atoms with Crippen molar-refractivity contribution in [2.24, 2.45) is 0 Å². The molecule has 0 saturated heterocycles. The summed E-state index contributed by atoms with van der Waals surface area (Å²) in [5, 5.41) is 16.0.